The Balaban J connectivity index is 1.70. The molecule has 0 saturated heterocycles. The van der Waals surface area contributed by atoms with Crippen molar-refractivity contribution < 1.29 is 22.4 Å². The number of pyridine rings is 1. The van der Waals surface area contributed by atoms with Crippen LogP contribution in [-0.4, -0.2) is 35.2 Å². The van der Waals surface area contributed by atoms with Crippen molar-refractivity contribution in [2.45, 2.75) is 10.8 Å². The molecule has 0 radical (unpaired) electrons. The van der Waals surface area contributed by atoms with Gasteiger partial charge in [-0.05, 0) is 53.9 Å². The molecule has 1 unspecified atom stereocenters. The average molecular weight is 499 g/mol. The highest BCUT2D eigenvalue weighted by molar-refractivity contribution is 8.00. The number of rotatable bonds is 8. The molecule has 3 N–H and O–H groups in total. The van der Waals surface area contributed by atoms with Gasteiger partial charge in [-0.3, -0.25) is 9.79 Å². The smallest absolute Gasteiger partial charge is 0.201 e. The molecule has 0 aliphatic heterocycles. The number of ketones is 1. The van der Waals surface area contributed by atoms with Gasteiger partial charge in [-0.15, -0.1) is 0 Å². The Labute approximate surface area is 201 Å². The van der Waals surface area contributed by atoms with Crippen LogP contribution in [0.2, 0.25) is 0 Å². The second-order valence-electron chi connectivity index (χ2n) is 7.36. The van der Waals surface area contributed by atoms with Crippen LogP contribution < -0.4 is 4.72 Å². The maximum absolute atomic E-state index is 15.2. The lowest BCUT2D eigenvalue weighted by atomic mass is 9.98. The molecule has 2 heterocycles. The van der Waals surface area contributed by atoms with Crippen molar-refractivity contribution in [3.05, 3.63) is 88.8 Å². The first-order chi connectivity index (χ1) is 16.8. The van der Waals surface area contributed by atoms with Crippen LogP contribution in [0.5, 0.6) is 0 Å². The summed E-state index contributed by atoms with van der Waals surface area (Å²) in [6.07, 6.45) is 5.49. The normalized spacial score (nSPS) is 12.3. The minimum Gasteiger partial charge on any atom is -0.345 e. The largest absolute Gasteiger partial charge is 0.345 e. The summed E-state index contributed by atoms with van der Waals surface area (Å²) in [4.78, 5) is 24.0. The van der Waals surface area contributed by atoms with Gasteiger partial charge in [0.15, 0.2) is 5.82 Å². The number of carbonyl (C=O) groups excluding carboxylic acids is 1. The number of H-pyrrole nitrogens is 1. The van der Waals surface area contributed by atoms with E-state index < -0.39 is 40.5 Å². The molecular weight excluding hydrogens is 482 g/mol. The van der Waals surface area contributed by atoms with Gasteiger partial charge in [0.05, 0.1) is 22.1 Å². The van der Waals surface area contributed by atoms with Gasteiger partial charge in [-0.1, -0.05) is 0 Å². The number of nitrogens with one attached hydrogen (secondary N) is 3. The minimum absolute atomic E-state index is 0.0229. The van der Waals surface area contributed by atoms with Crippen LogP contribution in [0, 0.1) is 28.7 Å². The average Bonchev–Trinajstić information content (AvgIpc) is 3.27. The van der Waals surface area contributed by atoms with Crippen LogP contribution in [0.15, 0.2) is 58.7 Å². The third-order valence-corrected chi connectivity index (χ3v) is 6.01. The van der Waals surface area contributed by atoms with E-state index in [1.165, 1.54) is 18.6 Å². The van der Waals surface area contributed by atoms with E-state index in [0.29, 0.717) is 28.5 Å². The molecule has 0 bridgehead atoms. The highest BCUT2D eigenvalue weighted by Crippen LogP contribution is 2.31. The highest BCUT2D eigenvalue weighted by Gasteiger charge is 2.25. The Morgan fingerprint density at radius 3 is 2.69 bits per heavy atom. The van der Waals surface area contributed by atoms with E-state index in [0.717, 1.165) is 36.5 Å². The Kier molecular flexibility index (Phi) is 6.97. The molecule has 6 nitrogen and oxygen atoms in total. The number of anilines is 1. The zero-order valence-electron chi connectivity index (χ0n) is 18.1. The summed E-state index contributed by atoms with van der Waals surface area (Å²) in [5.41, 5.74) is -0.242. The maximum atomic E-state index is 15.2. The number of aromatic amines is 1. The lowest BCUT2D eigenvalue weighted by Crippen LogP contribution is -2.09. The summed E-state index contributed by atoms with van der Waals surface area (Å²) in [5, 5.41) is 7.90. The Bertz CT molecular complexity index is 1470. The number of aromatic nitrogens is 2. The third-order valence-electron chi connectivity index (χ3n) is 5.15. The summed E-state index contributed by atoms with van der Waals surface area (Å²) >= 11 is 0.579. The van der Waals surface area contributed by atoms with Crippen molar-refractivity contribution in [3.63, 3.8) is 0 Å². The van der Waals surface area contributed by atoms with Crippen molar-refractivity contribution >= 4 is 46.9 Å². The van der Waals surface area contributed by atoms with E-state index in [4.69, 9.17) is 5.41 Å². The molecule has 35 heavy (non-hydrogen) atoms. The van der Waals surface area contributed by atoms with Crippen LogP contribution in [0.25, 0.3) is 11.0 Å². The number of benzene rings is 2. The van der Waals surface area contributed by atoms with Crippen LogP contribution >= 0.6 is 11.9 Å². The second kappa shape index (κ2) is 10.1. The van der Waals surface area contributed by atoms with Gasteiger partial charge in [0.1, 0.15) is 23.1 Å². The first kappa shape index (κ1) is 24.1. The monoisotopic (exact) mass is 499 g/mol. The van der Waals surface area contributed by atoms with Crippen LogP contribution in [0.1, 0.15) is 27.4 Å². The zero-order valence-corrected chi connectivity index (χ0v) is 18.9. The number of nitrogens with zero attached hydrogens (tertiary/aromatic N) is 2. The van der Waals surface area contributed by atoms with Crippen molar-refractivity contribution in [2.24, 2.45) is 4.99 Å². The molecule has 0 aliphatic rings. The second-order valence-corrected chi connectivity index (χ2v) is 8.21. The van der Waals surface area contributed by atoms with Gasteiger partial charge < -0.3 is 15.1 Å². The Hall–Kier alpha value is -3.99. The number of hydrogen-bond donors (Lipinski definition) is 3. The van der Waals surface area contributed by atoms with Gasteiger partial charge >= 0.3 is 0 Å². The van der Waals surface area contributed by atoms with Gasteiger partial charge in [-0.25, -0.2) is 22.5 Å². The van der Waals surface area contributed by atoms with E-state index in [1.54, 1.807) is 13.1 Å². The van der Waals surface area contributed by atoms with Crippen LogP contribution in [-0.2, 0) is 0 Å². The topological polar surface area (TPSA) is 94.0 Å². The molecule has 0 saturated carbocycles. The number of fused-ring (bicyclic) bond motifs is 1. The number of carbonyl (C=O) groups is 1. The summed E-state index contributed by atoms with van der Waals surface area (Å²) in [6, 6.07) is 6.34. The molecule has 0 fully saturated rings. The lowest BCUT2D eigenvalue weighted by molar-refractivity contribution is 0.103. The molecule has 0 amide bonds. The quantitative estimate of drug-likeness (QED) is 0.122. The van der Waals surface area contributed by atoms with Crippen molar-refractivity contribution in [2.75, 3.05) is 11.8 Å². The van der Waals surface area contributed by atoms with E-state index in [9.17, 15) is 18.0 Å². The van der Waals surface area contributed by atoms with Gasteiger partial charge in [0.25, 0.3) is 0 Å². The molecule has 1 atom stereocenters. The number of hydrogen-bond acceptors (Lipinski definition) is 6. The van der Waals surface area contributed by atoms with Crippen molar-refractivity contribution in [1.29, 1.82) is 5.41 Å². The first-order valence-corrected chi connectivity index (χ1v) is 11.0. The predicted molar refractivity (Wildman–Crippen MR) is 128 cm³/mol. The molecule has 11 heteroatoms. The van der Waals surface area contributed by atoms with Crippen molar-refractivity contribution in [1.82, 2.24) is 9.97 Å². The predicted octanol–water partition coefficient (Wildman–Crippen LogP) is 5.90. The van der Waals surface area contributed by atoms with Crippen LogP contribution in [0.4, 0.5) is 23.2 Å². The molecule has 2 aromatic carbocycles. The standard InChI is InChI=1S/C24H17F4N5OS/c1-30-9-13(8-29)12-6-15-16(11-32-24(15)31-10-12)23(34)21-18(27)4-5-19(22(21)28)33-35-20-7-14(25)2-3-17(20)26/h2-11,13,29,33H,1H3,(H,31,32). The number of halogens is 4. The molecular formula is C24H17F4N5OS. The maximum Gasteiger partial charge on any atom is 0.201 e. The van der Waals surface area contributed by atoms with E-state index >= 15 is 4.39 Å². The minimum atomic E-state index is -1.19. The molecule has 2 aromatic heterocycles. The van der Waals surface area contributed by atoms with Gasteiger partial charge in [-0.2, -0.15) is 0 Å². The summed E-state index contributed by atoms with van der Waals surface area (Å²) in [6.45, 7) is 0. The molecule has 0 spiro atoms. The third kappa shape index (κ3) is 4.80. The van der Waals surface area contributed by atoms with E-state index in [-0.39, 0.29) is 16.1 Å². The zero-order chi connectivity index (χ0) is 25.1. The highest BCUT2D eigenvalue weighted by atomic mass is 32.2. The van der Waals surface area contributed by atoms with E-state index in [1.807, 2.05) is 0 Å². The summed E-state index contributed by atoms with van der Waals surface area (Å²) in [7, 11) is 1.56. The Morgan fingerprint density at radius 2 is 1.94 bits per heavy atom. The van der Waals surface area contributed by atoms with Crippen molar-refractivity contribution in [3.8, 4) is 0 Å². The van der Waals surface area contributed by atoms with Gasteiger partial charge in [0.2, 0.25) is 5.78 Å². The lowest BCUT2D eigenvalue weighted by Gasteiger charge is -2.11. The molecule has 4 rings (SSSR count). The molecule has 0 aliphatic carbocycles. The molecule has 178 valence electrons. The summed E-state index contributed by atoms with van der Waals surface area (Å²) in [5.74, 6) is -5.13. The SMILES string of the molecule is CN=CC(C=N)c1cnc2[nH]cc(C(=O)c3c(F)ccc(NSc4cc(F)ccc4F)c3F)c2c1. The van der Waals surface area contributed by atoms with Gasteiger partial charge in [0, 0.05) is 42.8 Å². The first-order valence-electron chi connectivity index (χ1n) is 10.1. The fraction of sp³-hybridized carbons (Fsp3) is 0.0833. The summed E-state index contributed by atoms with van der Waals surface area (Å²) < 4.78 is 59.7. The number of aliphatic imine (C=N–C) groups is 1. The van der Waals surface area contributed by atoms with E-state index in [2.05, 4.69) is 19.7 Å². The fourth-order valence-corrected chi connectivity index (χ4v) is 4.13. The Morgan fingerprint density at radius 1 is 1.17 bits per heavy atom. The van der Waals surface area contributed by atoms with Crippen LogP contribution in [0.3, 0.4) is 0 Å². The fourth-order valence-electron chi connectivity index (χ4n) is 3.42. The molecule has 4 aromatic rings.